The van der Waals surface area contributed by atoms with Crippen molar-refractivity contribution in [2.24, 2.45) is 0 Å². The van der Waals surface area contributed by atoms with Gasteiger partial charge in [0.15, 0.2) is 0 Å². The van der Waals surface area contributed by atoms with Crippen LogP contribution >= 0.6 is 0 Å². The first-order chi connectivity index (χ1) is 13.1. The molecule has 1 fully saturated rings. The molecule has 0 saturated carbocycles. The van der Waals surface area contributed by atoms with E-state index >= 15 is 0 Å². The van der Waals surface area contributed by atoms with Gasteiger partial charge < -0.3 is 14.7 Å². The number of carbonyl (C=O) groups excluding carboxylic acids is 1. The summed E-state index contributed by atoms with van der Waals surface area (Å²) >= 11 is 0. The minimum Gasteiger partial charge on any atom is -0.508 e. The van der Waals surface area contributed by atoms with E-state index in [2.05, 4.69) is 23.2 Å². The molecule has 6 nitrogen and oxygen atoms in total. The van der Waals surface area contributed by atoms with Crippen molar-refractivity contribution in [1.82, 2.24) is 15.1 Å². The standard InChI is InChI=1S/C21H21N3O3/c1-2-14-4-3-5-17(10-14)27-18-12-24(13-18)21(26)20-11-19(22-23-20)15-6-8-16(25)9-7-15/h3-11,18,25H,2,12-13H2,1H3,(H,22,23). The molecule has 0 spiro atoms. The van der Waals surface area contributed by atoms with Gasteiger partial charge in [-0.2, -0.15) is 5.10 Å². The molecule has 2 aromatic carbocycles. The minimum atomic E-state index is -0.0883. The lowest BCUT2D eigenvalue weighted by atomic mass is 10.1. The molecule has 1 aliphatic heterocycles. The first-order valence-corrected chi connectivity index (χ1v) is 9.02. The van der Waals surface area contributed by atoms with E-state index in [1.807, 2.05) is 18.2 Å². The summed E-state index contributed by atoms with van der Waals surface area (Å²) in [6.07, 6.45) is 0.982. The normalized spacial score (nSPS) is 14.0. The Labute approximate surface area is 157 Å². The van der Waals surface area contributed by atoms with Crippen molar-refractivity contribution in [1.29, 1.82) is 0 Å². The number of likely N-dealkylation sites (tertiary alicyclic amines) is 1. The number of hydrogen-bond donors (Lipinski definition) is 2. The minimum absolute atomic E-state index is 0.0144. The summed E-state index contributed by atoms with van der Waals surface area (Å²) in [5, 5.41) is 16.4. The van der Waals surface area contributed by atoms with Gasteiger partial charge in [0, 0.05) is 5.56 Å². The maximum Gasteiger partial charge on any atom is 0.272 e. The Balaban J connectivity index is 1.35. The number of aryl methyl sites for hydroxylation is 1. The topological polar surface area (TPSA) is 78.4 Å². The van der Waals surface area contributed by atoms with Crippen molar-refractivity contribution < 1.29 is 14.6 Å². The van der Waals surface area contributed by atoms with Crippen LogP contribution in [0.15, 0.2) is 54.6 Å². The number of aromatic nitrogens is 2. The first kappa shape index (κ1) is 17.1. The fourth-order valence-corrected chi connectivity index (χ4v) is 3.09. The monoisotopic (exact) mass is 363 g/mol. The van der Waals surface area contributed by atoms with E-state index in [0.717, 1.165) is 17.7 Å². The Morgan fingerprint density at radius 3 is 2.74 bits per heavy atom. The Bertz CT molecular complexity index is 943. The fourth-order valence-electron chi connectivity index (χ4n) is 3.09. The van der Waals surface area contributed by atoms with Gasteiger partial charge in [-0.15, -0.1) is 0 Å². The van der Waals surface area contributed by atoms with Crippen LogP contribution in [-0.2, 0) is 6.42 Å². The Morgan fingerprint density at radius 1 is 1.22 bits per heavy atom. The highest BCUT2D eigenvalue weighted by atomic mass is 16.5. The van der Waals surface area contributed by atoms with Gasteiger partial charge in [-0.1, -0.05) is 19.1 Å². The zero-order valence-electron chi connectivity index (χ0n) is 15.1. The molecule has 0 unspecified atom stereocenters. The van der Waals surface area contributed by atoms with Crippen molar-refractivity contribution in [3.63, 3.8) is 0 Å². The third-order valence-corrected chi connectivity index (χ3v) is 4.72. The summed E-state index contributed by atoms with van der Waals surface area (Å²) in [5.74, 6) is 0.957. The quantitative estimate of drug-likeness (QED) is 0.729. The molecule has 1 aliphatic rings. The highest BCUT2D eigenvalue weighted by molar-refractivity contribution is 5.94. The Morgan fingerprint density at radius 2 is 2.00 bits per heavy atom. The van der Waals surface area contributed by atoms with E-state index < -0.39 is 0 Å². The number of rotatable bonds is 5. The number of phenols is 1. The van der Waals surface area contributed by atoms with Crippen LogP contribution in [0.2, 0.25) is 0 Å². The van der Waals surface area contributed by atoms with Crippen LogP contribution in [-0.4, -0.2) is 45.3 Å². The third-order valence-electron chi connectivity index (χ3n) is 4.72. The lowest BCUT2D eigenvalue weighted by Gasteiger charge is -2.38. The lowest BCUT2D eigenvalue weighted by molar-refractivity contribution is 0.0173. The molecule has 138 valence electrons. The third kappa shape index (κ3) is 3.65. The lowest BCUT2D eigenvalue weighted by Crippen LogP contribution is -2.56. The van der Waals surface area contributed by atoms with Crippen molar-refractivity contribution in [2.45, 2.75) is 19.4 Å². The molecular weight excluding hydrogens is 342 g/mol. The molecule has 3 aromatic rings. The summed E-state index contributed by atoms with van der Waals surface area (Å²) in [6.45, 7) is 3.23. The molecule has 4 rings (SSSR count). The van der Waals surface area contributed by atoms with Gasteiger partial charge in [0.2, 0.25) is 0 Å². The van der Waals surface area contributed by atoms with E-state index in [-0.39, 0.29) is 17.8 Å². The maximum atomic E-state index is 12.6. The number of benzene rings is 2. The molecule has 0 atom stereocenters. The predicted octanol–water partition coefficient (Wildman–Crippen LogP) is 3.25. The summed E-state index contributed by atoms with van der Waals surface area (Å²) < 4.78 is 5.95. The molecule has 0 radical (unpaired) electrons. The van der Waals surface area contributed by atoms with Crippen LogP contribution in [0.5, 0.6) is 11.5 Å². The molecule has 1 aromatic heterocycles. The number of nitrogens with zero attached hydrogens (tertiary/aromatic N) is 2. The number of amides is 1. The molecule has 1 saturated heterocycles. The van der Waals surface area contributed by atoms with Gasteiger partial charge in [-0.05, 0) is 54.4 Å². The van der Waals surface area contributed by atoms with E-state index in [9.17, 15) is 9.90 Å². The molecule has 27 heavy (non-hydrogen) atoms. The predicted molar refractivity (Wildman–Crippen MR) is 102 cm³/mol. The van der Waals surface area contributed by atoms with E-state index in [1.165, 1.54) is 5.56 Å². The zero-order chi connectivity index (χ0) is 18.8. The van der Waals surface area contributed by atoms with Crippen molar-refractivity contribution >= 4 is 5.91 Å². The molecule has 1 amide bonds. The molecule has 0 bridgehead atoms. The summed E-state index contributed by atoms with van der Waals surface area (Å²) in [5.41, 5.74) is 3.19. The van der Waals surface area contributed by atoms with Gasteiger partial charge in [-0.3, -0.25) is 9.89 Å². The van der Waals surface area contributed by atoms with Crippen LogP contribution < -0.4 is 4.74 Å². The second kappa shape index (κ2) is 7.15. The van der Waals surface area contributed by atoms with Crippen LogP contribution in [0.1, 0.15) is 23.0 Å². The molecule has 6 heteroatoms. The van der Waals surface area contributed by atoms with Crippen molar-refractivity contribution in [3.05, 3.63) is 65.9 Å². The number of aromatic hydroxyl groups is 1. The second-order valence-electron chi connectivity index (χ2n) is 6.66. The van der Waals surface area contributed by atoms with Gasteiger partial charge in [0.05, 0.1) is 18.8 Å². The molecule has 2 N–H and O–H groups in total. The number of nitrogens with one attached hydrogen (secondary N) is 1. The average molecular weight is 363 g/mol. The van der Waals surface area contributed by atoms with Crippen molar-refractivity contribution in [3.8, 4) is 22.8 Å². The Kier molecular flexibility index (Phi) is 4.54. The van der Waals surface area contributed by atoms with Crippen molar-refractivity contribution in [2.75, 3.05) is 13.1 Å². The van der Waals surface area contributed by atoms with Crippen LogP contribution in [0.4, 0.5) is 0 Å². The number of hydrogen-bond acceptors (Lipinski definition) is 4. The van der Waals surface area contributed by atoms with Crippen LogP contribution in [0.25, 0.3) is 11.3 Å². The molecular formula is C21H21N3O3. The van der Waals surface area contributed by atoms with E-state index in [1.54, 1.807) is 35.2 Å². The molecule has 0 aliphatic carbocycles. The highest BCUT2D eigenvalue weighted by Crippen LogP contribution is 2.23. The van der Waals surface area contributed by atoms with Gasteiger partial charge in [0.25, 0.3) is 5.91 Å². The number of H-pyrrole nitrogens is 1. The molecule has 2 heterocycles. The maximum absolute atomic E-state index is 12.6. The van der Waals surface area contributed by atoms with Gasteiger partial charge >= 0.3 is 0 Å². The smallest absolute Gasteiger partial charge is 0.272 e. The largest absolute Gasteiger partial charge is 0.508 e. The number of aromatic amines is 1. The van der Waals surface area contributed by atoms with Crippen LogP contribution in [0, 0.1) is 0 Å². The van der Waals surface area contributed by atoms with Gasteiger partial charge in [0.1, 0.15) is 23.3 Å². The summed E-state index contributed by atoms with van der Waals surface area (Å²) in [6, 6.07) is 16.5. The fraction of sp³-hybridized carbons (Fsp3) is 0.238. The first-order valence-electron chi connectivity index (χ1n) is 9.02. The zero-order valence-corrected chi connectivity index (χ0v) is 15.1. The van der Waals surface area contributed by atoms with E-state index in [0.29, 0.717) is 24.5 Å². The second-order valence-corrected chi connectivity index (χ2v) is 6.66. The average Bonchev–Trinajstić information content (AvgIpc) is 3.15. The number of carbonyl (C=O) groups is 1. The summed E-state index contributed by atoms with van der Waals surface area (Å²) in [7, 11) is 0. The highest BCUT2D eigenvalue weighted by Gasteiger charge is 2.33. The number of ether oxygens (including phenoxy) is 1. The van der Waals surface area contributed by atoms with Gasteiger partial charge in [-0.25, -0.2) is 0 Å². The summed E-state index contributed by atoms with van der Waals surface area (Å²) in [4.78, 5) is 14.3. The SMILES string of the molecule is CCc1cccc(OC2CN(C(=O)c3cc(-c4ccc(O)cc4)n[nH]3)C2)c1. The van der Waals surface area contributed by atoms with E-state index in [4.69, 9.17) is 4.74 Å². The Hall–Kier alpha value is -3.28. The number of phenolic OH excluding ortho intramolecular Hbond substituents is 1. The van der Waals surface area contributed by atoms with Crippen LogP contribution in [0.3, 0.4) is 0 Å².